The van der Waals surface area contributed by atoms with Gasteiger partial charge in [0.1, 0.15) is 18.1 Å². The molecular weight excluding hydrogens is 304 g/mol. The van der Waals surface area contributed by atoms with Crippen molar-refractivity contribution in [3.05, 3.63) is 59.4 Å². The summed E-state index contributed by atoms with van der Waals surface area (Å²) in [5.41, 5.74) is 1.90. The van der Waals surface area contributed by atoms with Gasteiger partial charge in [0.2, 0.25) is 0 Å². The van der Waals surface area contributed by atoms with Crippen LogP contribution in [0.2, 0.25) is 0 Å². The third-order valence-corrected chi connectivity index (χ3v) is 4.36. The summed E-state index contributed by atoms with van der Waals surface area (Å²) in [4.78, 5) is 29.8. The van der Waals surface area contributed by atoms with Crippen LogP contribution in [-0.2, 0) is 0 Å². The molecule has 5 heteroatoms. The van der Waals surface area contributed by atoms with Crippen molar-refractivity contribution in [1.29, 1.82) is 0 Å². The second kappa shape index (κ2) is 7.25. The van der Waals surface area contributed by atoms with Crippen LogP contribution in [0.15, 0.2) is 42.6 Å². The number of carbonyl (C=O) groups is 2. The maximum absolute atomic E-state index is 12.6. The summed E-state index contributed by atoms with van der Waals surface area (Å²) < 4.78 is 5.86. The predicted octanol–water partition coefficient (Wildman–Crippen LogP) is 2.89. The summed E-state index contributed by atoms with van der Waals surface area (Å²) in [5.74, 6) is 0.503. The molecule has 1 aromatic heterocycles. The zero-order chi connectivity index (χ0) is 16.9. The van der Waals surface area contributed by atoms with Crippen LogP contribution in [0, 0.1) is 6.92 Å². The van der Waals surface area contributed by atoms with Gasteiger partial charge in [-0.25, -0.2) is 0 Å². The highest BCUT2D eigenvalue weighted by Gasteiger charge is 2.30. The number of likely N-dealkylation sites (tertiary alicyclic amines) is 1. The van der Waals surface area contributed by atoms with E-state index in [0.717, 1.165) is 24.7 Å². The molecular formula is C19H20N2O3. The molecule has 2 aromatic rings. The molecule has 1 aliphatic heterocycles. The van der Waals surface area contributed by atoms with Crippen LogP contribution in [0.3, 0.4) is 0 Å². The Morgan fingerprint density at radius 1 is 1.33 bits per heavy atom. The number of hydrogen-bond donors (Lipinski definition) is 0. The molecule has 124 valence electrons. The van der Waals surface area contributed by atoms with Crippen LogP contribution in [0.4, 0.5) is 0 Å². The molecule has 1 amide bonds. The van der Waals surface area contributed by atoms with Crippen molar-refractivity contribution in [2.45, 2.75) is 25.8 Å². The van der Waals surface area contributed by atoms with E-state index in [-0.39, 0.29) is 11.9 Å². The van der Waals surface area contributed by atoms with E-state index in [4.69, 9.17) is 4.74 Å². The van der Waals surface area contributed by atoms with E-state index in [1.807, 2.05) is 30.0 Å². The maximum atomic E-state index is 12.6. The Hall–Kier alpha value is -2.69. The number of aldehydes is 1. The smallest absolute Gasteiger partial charge is 0.272 e. The van der Waals surface area contributed by atoms with Gasteiger partial charge < -0.3 is 9.64 Å². The lowest BCUT2D eigenvalue weighted by Crippen LogP contribution is -2.39. The van der Waals surface area contributed by atoms with Crippen molar-refractivity contribution in [3.8, 4) is 5.75 Å². The normalized spacial score (nSPS) is 16.9. The van der Waals surface area contributed by atoms with Crippen LogP contribution in [0.5, 0.6) is 5.75 Å². The minimum absolute atomic E-state index is 0.000444. The summed E-state index contributed by atoms with van der Waals surface area (Å²) in [6.07, 6.45) is 4.27. The first-order chi connectivity index (χ1) is 11.7. The number of pyridine rings is 1. The van der Waals surface area contributed by atoms with E-state index >= 15 is 0 Å². The van der Waals surface area contributed by atoms with E-state index in [0.29, 0.717) is 30.2 Å². The number of benzene rings is 1. The summed E-state index contributed by atoms with van der Waals surface area (Å²) in [7, 11) is 0. The Labute approximate surface area is 141 Å². The lowest BCUT2D eigenvalue weighted by atomic mass is 10.1. The fourth-order valence-electron chi connectivity index (χ4n) is 3.03. The molecule has 3 rings (SSSR count). The molecule has 2 heterocycles. The molecule has 1 aliphatic rings. The molecule has 0 bridgehead atoms. The molecule has 24 heavy (non-hydrogen) atoms. The summed E-state index contributed by atoms with van der Waals surface area (Å²) in [6.45, 7) is 2.96. The molecule has 1 fully saturated rings. The van der Waals surface area contributed by atoms with Crippen LogP contribution < -0.4 is 4.74 Å². The molecule has 0 aliphatic carbocycles. The number of amides is 1. The first-order valence-electron chi connectivity index (χ1n) is 8.10. The first-order valence-corrected chi connectivity index (χ1v) is 8.10. The van der Waals surface area contributed by atoms with Crippen molar-refractivity contribution in [3.63, 3.8) is 0 Å². The van der Waals surface area contributed by atoms with Crippen molar-refractivity contribution in [1.82, 2.24) is 9.88 Å². The van der Waals surface area contributed by atoms with E-state index in [1.54, 1.807) is 24.4 Å². The average molecular weight is 324 g/mol. The minimum Gasteiger partial charge on any atom is -0.491 e. The van der Waals surface area contributed by atoms with Gasteiger partial charge in [0.25, 0.3) is 5.91 Å². The molecule has 0 N–H and O–H groups in total. The molecule has 1 saturated heterocycles. The van der Waals surface area contributed by atoms with E-state index in [1.165, 1.54) is 0 Å². The van der Waals surface area contributed by atoms with Gasteiger partial charge in [0.05, 0.1) is 11.6 Å². The van der Waals surface area contributed by atoms with Gasteiger partial charge in [0.15, 0.2) is 6.29 Å². The molecule has 0 spiro atoms. The predicted molar refractivity (Wildman–Crippen MR) is 90.4 cm³/mol. The Morgan fingerprint density at radius 3 is 2.96 bits per heavy atom. The van der Waals surface area contributed by atoms with E-state index in [2.05, 4.69) is 4.98 Å². The van der Waals surface area contributed by atoms with Crippen molar-refractivity contribution >= 4 is 12.2 Å². The SMILES string of the molecule is Cc1cccc(OC[C@@H]2CCCN2C(=O)c2ccccn2)c1C=O. The van der Waals surface area contributed by atoms with Gasteiger partial charge >= 0.3 is 0 Å². The number of ether oxygens (including phenoxy) is 1. The molecule has 1 aromatic carbocycles. The Kier molecular flexibility index (Phi) is 4.89. The zero-order valence-corrected chi connectivity index (χ0v) is 13.6. The quantitative estimate of drug-likeness (QED) is 0.794. The second-order valence-electron chi connectivity index (χ2n) is 5.93. The molecule has 0 unspecified atom stereocenters. The van der Waals surface area contributed by atoms with Gasteiger partial charge in [-0.05, 0) is 43.5 Å². The molecule has 0 radical (unpaired) electrons. The van der Waals surface area contributed by atoms with Crippen LogP contribution in [0.25, 0.3) is 0 Å². The number of aromatic nitrogens is 1. The first kappa shape index (κ1) is 16.2. The summed E-state index contributed by atoms with van der Waals surface area (Å²) in [5, 5.41) is 0. The molecule has 1 atom stereocenters. The van der Waals surface area contributed by atoms with E-state index in [9.17, 15) is 9.59 Å². The third kappa shape index (κ3) is 3.30. The zero-order valence-electron chi connectivity index (χ0n) is 13.6. The minimum atomic E-state index is -0.0680. The lowest BCUT2D eigenvalue weighted by Gasteiger charge is -2.24. The van der Waals surface area contributed by atoms with Crippen LogP contribution in [0.1, 0.15) is 39.3 Å². The van der Waals surface area contributed by atoms with Gasteiger partial charge in [-0.3, -0.25) is 14.6 Å². The number of rotatable bonds is 5. The van der Waals surface area contributed by atoms with Crippen molar-refractivity contribution < 1.29 is 14.3 Å². The number of nitrogens with zero attached hydrogens (tertiary/aromatic N) is 2. The number of hydrogen-bond acceptors (Lipinski definition) is 4. The fraction of sp³-hybridized carbons (Fsp3) is 0.316. The summed E-state index contributed by atoms with van der Waals surface area (Å²) >= 11 is 0. The number of aryl methyl sites for hydroxylation is 1. The highest BCUT2D eigenvalue weighted by atomic mass is 16.5. The van der Waals surface area contributed by atoms with Crippen LogP contribution >= 0.6 is 0 Å². The molecule has 5 nitrogen and oxygen atoms in total. The largest absolute Gasteiger partial charge is 0.491 e. The standard InChI is InChI=1S/C19H20N2O3/c1-14-6-4-9-18(16(14)12-22)24-13-15-7-5-11-21(15)19(23)17-8-2-3-10-20-17/h2-4,6,8-10,12,15H,5,7,11,13H2,1H3/t15-/m0/s1. The fourth-order valence-corrected chi connectivity index (χ4v) is 3.03. The maximum Gasteiger partial charge on any atom is 0.272 e. The summed E-state index contributed by atoms with van der Waals surface area (Å²) in [6, 6.07) is 10.9. The Balaban J connectivity index is 1.70. The number of carbonyl (C=O) groups excluding carboxylic acids is 2. The van der Waals surface area contributed by atoms with Gasteiger partial charge in [-0.2, -0.15) is 0 Å². The van der Waals surface area contributed by atoms with Gasteiger partial charge in [0, 0.05) is 12.7 Å². The highest BCUT2D eigenvalue weighted by Crippen LogP contribution is 2.24. The topological polar surface area (TPSA) is 59.5 Å². The highest BCUT2D eigenvalue weighted by molar-refractivity contribution is 5.92. The van der Waals surface area contributed by atoms with Crippen molar-refractivity contribution in [2.24, 2.45) is 0 Å². The molecule has 0 saturated carbocycles. The lowest BCUT2D eigenvalue weighted by molar-refractivity contribution is 0.0684. The van der Waals surface area contributed by atoms with Crippen LogP contribution in [-0.4, -0.2) is 41.3 Å². The van der Waals surface area contributed by atoms with Gasteiger partial charge in [-0.15, -0.1) is 0 Å². The monoisotopic (exact) mass is 324 g/mol. The third-order valence-electron chi connectivity index (χ3n) is 4.36. The Morgan fingerprint density at radius 2 is 2.21 bits per heavy atom. The van der Waals surface area contributed by atoms with Crippen molar-refractivity contribution in [2.75, 3.05) is 13.2 Å². The second-order valence-corrected chi connectivity index (χ2v) is 5.93. The van der Waals surface area contributed by atoms with Gasteiger partial charge in [-0.1, -0.05) is 18.2 Å². The Bertz CT molecular complexity index is 731. The average Bonchev–Trinajstić information content (AvgIpc) is 3.08. The van der Waals surface area contributed by atoms with E-state index < -0.39 is 0 Å².